The minimum absolute atomic E-state index is 0.00139. The van der Waals surface area contributed by atoms with Crippen LogP contribution >= 0.6 is 0 Å². The number of benzene rings is 2. The first-order valence-electron chi connectivity index (χ1n) is 11.8. The summed E-state index contributed by atoms with van der Waals surface area (Å²) in [4.78, 5) is 24.8. The van der Waals surface area contributed by atoms with Gasteiger partial charge in [-0.15, -0.1) is 0 Å². The maximum atomic E-state index is 12.9. The van der Waals surface area contributed by atoms with Crippen molar-refractivity contribution in [3.8, 4) is 17.2 Å². The van der Waals surface area contributed by atoms with E-state index >= 15 is 0 Å². The zero-order valence-electron chi connectivity index (χ0n) is 18.3. The molecule has 0 radical (unpaired) electrons. The van der Waals surface area contributed by atoms with Crippen LogP contribution in [0.25, 0.3) is 11.1 Å². The monoisotopic (exact) mass is 427 g/mol. The number of fused-ring (bicyclic) bond motifs is 4. The van der Waals surface area contributed by atoms with Crippen LogP contribution in [-0.2, 0) is 17.6 Å². The fraction of sp³-hybridized carbons (Fsp3) is 0.444. The van der Waals surface area contributed by atoms with Gasteiger partial charge < -0.3 is 10.6 Å². The van der Waals surface area contributed by atoms with E-state index in [4.69, 9.17) is 0 Å². The lowest BCUT2D eigenvalue weighted by molar-refractivity contribution is -0.125. The number of piperidine rings is 2. The van der Waals surface area contributed by atoms with Gasteiger partial charge in [0, 0.05) is 24.6 Å². The Bertz CT molecular complexity index is 1060. The Morgan fingerprint density at radius 2 is 1.81 bits per heavy atom. The molecular weight excluding hydrogens is 398 g/mol. The Labute approximate surface area is 189 Å². The molecule has 3 fully saturated rings. The Balaban J connectivity index is 1.23. The van der Waals surface area contributed by atoms with E-state index in [1.807, 2.05) is 12.1 Å². The number of amides is 1. The molecule has 0 aromatic heterocycles. The molecule has 2 saturated heterocycles. The molecule has 3 aliphatic heterocycles. The van der Waals surface area contributed by atoms with Crippen LogP contribution in [0.2, 0.25) is 0 Å². The van der Waals surface area contributed by atoms with E-state index in [0.717, 1.165) is 47.1 Å². The molecule has 3 heterocycles. The maximum Gasteiger partial charge on any atom is 0.251 e. The Hall–Kier alpha value is -2.97. The highest BCUT2D eigenvalue weighted by molar-refractivity contribution is 5.97. The zero-order chi connectivity index (χ0) is 22.1. The summed E-state index contributed by atoms with van der Waals surface area (Å²) in [5.41, 5.74) is 5.11. The van der Waals surface area contributed by atoms with Crippen LogP contribution in [0.4, 0.5) is 0 Å². The smallest absolute Gasteiger partial charge is 0.251 e. The van der Waals surface area contributed by atoms with Gasteiger partial charge in [-0.1, -0.05) is 36.4 Å². The van der Waals surface area contributed by atoms with Crippen molar-refractivity contribution >= 4 is 11.7 Å². The average Bonchev–Trinajstić information content (AvgIpc) is 2.84. The van der Waals surface area contributed by atoms with Gasteiger partial charge >= 0.3 is 0 Å². The topological polar surface area (TPSA) is 82.0 Å². The highest BCUT2D eigenvalue weighted by Gasteiger charge is 2.39. The first kappa shape index (κ1) is 20.9. The molecule has 4 aliphatic rings. The molecule has 2 aromatic rings. The lowest BCUT2D eigenvalue weighted by Gasteiger charge is -2.43. The van der Waals surface area contributed by atoms with Crippen molar-refractivity contribution in [3.05, 3.63) is 59.2 Å². The number of hydrogen-bond acceptors (Lipinski definition) is 4. The maximum absolute atomic E-state index is 12.9. The van der Waals surface area contributed by atoms with Crippen LogP contribution in [0.3, 0.4) is 0 Å². The van der Waals surface area contributed by atoms with E-state index in [1.54, 1.807) is 0 Å². The molecule has 6 rings (SSSR count). The molecule has 0 spiro atoms. The van der Waals surface area contributed by atoms with Crippen LogP contribution in [0.15, 0.2) is 42.5 Å². The van der Waals surface area contributed by atoms with Gasteiger partial charge in [-0.05, 0) is 72.8 Å². The second kappa shape index (κ2) is 8.88. The van der Waals surface area contributed by atoms with E-state index in [1.165, 1.54) is 12.8 Å². The predicted molar refractivity (Wildman–Crippen MR) is 123 cm³/mol. The summed E-state index contributed by atoms with van der Waals surface area (Å²) >= 11 is 0. The largest absolute Gasteiger partial charge is 0.352 e. The average molecular weight is 428 g/mol. The number of nitrogens with one attached hydrogen (secondary N) is 2. The van der Waals surface area contributed by atoms with Crippen LogP contribution in [0.5, 0.6) is 0 Å². The number of Topliss-reactive ketones (excluding diaryl/α,β-unsaturated/α-hetero) is 1. The molecule has 5 heteroatoms. The van der Waals surface area contributed by atoms with Crippen molar-refractivity contribution in [2.45, 2.75) is 57.0 Å². The quantitative estimate of drug-likeness (QED) is 0.734. The van der Waals surface area contributed by atoms with Crippen molar-refractivity contribution in [2.75, 3.05) is 6.54 Å². The molecule has 5 nitrogen and oxygen atoms in total. The van der Waals surface area contributed by atoms with Crippen molar-refractivity contribution < 1.29 is 9.59 Å². The first-order chi connectivity index (χ1) is 15.6. The Kier molecular flexibility index (Phi) is 5.80. The molecule has 1 aliphatic carbocycles. The summed E-state index contributed by atoms with van der Waals surface area (Å²) in [6, 6.07) is 17.0. The van der Waals surface area contributed by atoms with Gasteiger partial charge in [0.05, 0.1) is 18.0 Å². The summed E-state index contributed by atoms with van der Waals surface area (Å²) in [5.74, 6) is 0.369. The van der Waals surface area contributed by atoms with Crippen molar-refractivity contribution in [3.63, 3.8) is 0 Å². The fourth-order valence-corrected chi connectivity index (χ4v) is 5.62. The number of nitriles is 1. The van der Waals surface area contributed by atoms with Crippen molar-refractivity contribution in [2.24, 2.45) is 11.8 Å². The summed E-state index contributed by atoms with van der Waals surface area (Å²) in [5, 5.41) is 16.1. The minimum Gasteiger partial charge on any atom is -0.352 e. The third kappa shape index (κ3) is 4.20. The third-order valence-electron chi connectivity index (χ3n) is 7.43. The second-order valence-electron chi connectivity index (χ2n) is 9.53. The number of carbonyl (C=O) groups excluding carboxylic acids is 2. The van der Waals surface area contributed by atoms with Gasteiger partial charge in [-0.3, -0.25) is 9.59 Å². The lowest BCUT2D eigenvalue weighted by atomic mass is 9.74. The van der Waals surface area contributed by atoms with Gasteiger partial charge in [0.1, 0.15) is 0 Å². The van der Waals surface area contributed by atoms with E-state index < -0.39 is 0 Å². The number of carbonyl (C=O) groups is 2. The Morgan fingerprint density at radius 1 is 1.06 bits per heavy atom. The Morgan fingerprint density at radius 3 is 2.50 bits per heavy atom. The molecule has 32 heavy (non-hydrogen) atoms. The van der Waals surface area contributed by atoms with Crippen LogP contribution in [-0.4, -0.2) is 30.3 Å². The van der Waals surface area contributed by atoms with Crippen LogP contribution in [0.1, 0.15) is 53.6 Å². The molecule has 1 amide bonds. The predicted octanol–water partition coefficient (Wildman–Crippen LogP) is 3.81. The molecule has 2 N–H and O–H groups in total. The third-order valence-corrected chi connectivity index (χ3v) is 7.43. The zero-order valence-corrected chi connectivity index (χ0v) is 18.3. The summed E-state index contributed by atoms with van der Waals surface area (Å²) in [6.07, 6.45) is 6.40. The molecule has 2 atom stereocenters. The number of nitrogens with zero attached hydrogens (tertiary/aromatic N) is 1. The number of ketones is 1. The summed E-state index contributed by atoms with van der Waals surface area (Å²) < 4.78 is 0. The van der Waals surface area contributed by atoms with Gasteiger partial charge in [-0.2, -0.15) is 5.26 Å². The number of hydrogen-bond donors (Lipinski definition) is 2. The van der Waals surface area contributed by atoms with E-state index in [9.17, 15) is 14.9 Å². The normalized spacial score (nSPS) is 24.8. The molecule has 0 unspecified atom stereocenters. The summed E-state index contributed by atoms with van der Waals surface area (Å²) in [6.45, 7) is 0.681. The van der Waals surface area contributed by atoms with E-state index in [0.29, 0.717) is 31.3 Å². The molecule has 2 aromatic carbocycles. The minimum atomic E-state index is -0.294. The molecule has 164 valence electrons. The van der Waals surface area contributed by atoms with Gasteiger partial charge in [-0.25, -0.2) is 0 Å². The molecule has 1 saturated carbocycles. The lowest BCUT2D eigenvalue weighted by Crippen LogP contribution is -2.56. The highest BCUT2D eigenvalue weighted by atomic mass is 16.1. The molecule has 2 bridgehead atoms. The van der Waals surface area contributed by atoms with E-state index in [2.05, 4.69) is 47.0 Å². The van der Waals surface area contributed by atoms with Crippen LogP contribution < -0.4 is 10.6 Å². The summed E-state index contributed by atoms with van der Waals surface area (Å²) in [7, 11) is 0. The fourth-order valence-electron chi connectivity index (χ4n) is 5.62. The van der Waals surface area contributed by atoms with Gasteiger partial charge in [0.15, 0.2) is 5.78 Å². The van der Waals surface area contributed by atoms with Gasteiger partial charge in [0.2, 0.25) is 0 Å². The van der Waals surface area contributed by atoms with Crippen molar-refractivity contribution in [1.29, 1.82) is 5.26 Å². The standard InChI is InChI=1S/C27H29N3O2/c28-16-18(14-25(31)26-20-5-8-23(30-26)9-6-20)13-17-1-3-19(4-2-17)21-7-10-24-22(15-21)11-12-29-27(24)32/h1-4,7,10,15,18,20,23,26,30H,5-6,8-9,11-14H2,(H,29,32)/t18-,20?,23?,26+/m1/s1. The number of rotatable bonds is 6. The van der Waals surface area contributed by atoms with Crippen LogP contribution in [0, 0.1) is 23.2 Å². The highest BCUT2D eigenvalue weighted by Crippen LogP contribution is 2.34. The van der Waals surface area contributed by atoms with Crippen molar-refractivity contribution in [1.82, 2.24) is 10.6 Å². The first-order valence-corrected chi connectivity index (χ1v) is 11.8. The van der Waals surface area contributed by atoms with E-state index in [-0.39, 0.29) is 23.7 Å². The second-order valence-corrected chi connectivity index (χ2v) is 9.53. The molecular formula is C27H29N3O2. The van der Waals surface area contributed by atoms with Gasteiger partial charge in [0.25, 0.3) is 5.91 Å². The SMILES string of the molecule is N#C[C@@H](CC(=O)[C@H]1NC2CCC1CC2)Cc1ccc(-c2ccc3c(c2)CCNC3=O)cc1.